The third-order valence-corrected chi connectivity index (χ3v) is 2.05. The first-order valence-electron chi connectivity index (χ1n) is 4.47. The lowest BCUT2D eigenvalue weighted by Crippen LogP contribution is -2.38. The number of carbonyl (C=O) groups is 2. The summed E-state index contributed by atoms with van der Waals surface area (Å²) < 4.78 is 9.72. The molecule has 74 valence electrons. The normalized spacial score (nSPS) is 26.0. The summed E-state index contributed by atoms with van der Waals surface area (Å²) in [7, 11) is 0. The number of rotatable bonds is 3. The molecule has 0 aromatic rings. The van der Waals surface area contributed by atoms with Crippen LogP contribution in [0.2, 0.25) is 0 Å². The molecule has 0 unspecified atom stereocenters. The Kier molecular flexibility index (Phi) is 3.28. The van der Waals surface area contributed by atoms with E-state index in [4.69, 9.17) is 9.47 Å². The molecule has 0 atom stereocenters. The van der Waals surface area contributed by atoms with E-state index in [-0.39, 0.29) is 24.0 Å². The monoisotopic (exact) mass is 186 g/mol. The van der Waals surface area contributed by atoms with Gasteiger partial charge in [0.05, 0.1) is 12.5 Å². The largest absolute Gasteiger partial charge is 0.466 e. The standard InChI is InChI=1S/C9H14O4/c1-3-12-9(11)7-4-8(5-7)13-6(2)10/h7-8H,3-5H2,1-2H3. The van der Waals surface area contributed by atoms with E-state index in [1.165, 1.54) is 6.92 Å². The van der Waals surface area contributed by atoms with Gasteiger partial charge in [-0.1, -0.05) is 0 Å². The first-order valence-corrected chi connectivity index (χ1v) is 4.47. The molecule has 0 radical (unpaired) electrons. The van der Waals surface area contributed by atoms with Gasteiger partial charge < -0.3 is 9.47 Å². The van der Waals surface area contributed by atoms with Gasteiger partial charge in [-0.15, -0.1) is 0 Å². The van der Waals surface area contributed by atoms with E-state index in [1.807, 2.05) is 0 Å². The first-order chi connectivity index (χ1) is 6.13. The topological polar surface area (TPSA) is 52.6 Å². The summed E-state index contributed by atoms with van der Waals surface area (Å²) in [5.41, 5.74) is 0. The van der Waals surface area contributed by atoms with Crippen molar-refractivity contribution >= 4 is 11.9 Å². The van der Waals surface area contributed by atoms with Crippen molar-refractivity contribution in [3.05, 3.63) is 0 Å². The van der Waals surface area contributed by atoms with Crippen LogP contribution < -0.4 is 0 Å². The summed E-state index contributed by atoms with van der Waals surface area (Å²) in [6.07, 6.45) is 1.14. The molecule has 1 aliphatic rings. The van der Waals surface area contributed by atoms with E-state index < -0.39 is 0 Å². The van der Waals surface area contributed by atoms with Crippen LogP contribution in [0.3, 0.4) is 0 Å². The van der Waals surface area contributed by atoms with Crippen LogP contribution in [0.4, 0.5) is 0 Å². The van der Waals surface area contributed by atoms with E-state index in [2.05, 4.69) is 0 Å². The minimum Gasteiger partial charge on any atom is -0.466 e. The molecule has 1 aliphatic carbocycles. The zero-order valence-electron chi connectivity index (χ0n) is 7.91. The molecular formula is C9H14O4. The molecule has 0 aliphatic heterocycles. The Bertz CT molecular complexity index is 206. The van der Waals surface area contributed by atoms with E-state index in [0.29, 0.717) is 19.4 Å². The second kappa shape index (κ2) is 4.25. The lowest BCUT2D eigenvalue weighted by Gasteiger charge is -2.32. The van der Waals surface area contributed by atoms with Gasteiger partial charge in [0.15, 0.2) is 0 Å². The Morgan fingerprint density at radius 3 is 2.46 bits per heavy atom. The maximum atomic E-state index is 11.1. The van der Waals surface area contributed by atoms with E-state index in [0.717, 1.165) is 0 Å². The predicted octanol–water partition coefficient (Wildman–Crippen LogP) is 0.891. The van der Waals surface area contributed by atoms with Gasteiger partial charge in [0.1, 0.15) is 6.10 Å². The third-order valence-electron chi connectivity index (χ3n) is 2.05. The Labute approximate surface area is 77.2 Å². The summed E-state index contributed by atoms with van der Waals surface area (Å²) in [6, 6.07) is 0. The maximum Gasteiger partial charge on any atom is 0.309 e. The average molecular weight is 186 g/mol. The fourth-order valence-electron chi connectivity index (χ4n) is 1.35. The van der Waals surface area contributed by atoms with Crippen molar-refractivity contribution in [3.63, 3.8) is 0 Å². The molecule has 0 N–H and O–H groups in total. The third kappa shape index (κ3) is 2.72. The van der Waals surface area contributed by atoms with Crippen LogP contribution in [0.1, 0.15) is 26.7 Å². The lowest BCUT2D eigenvalue weighted by atomic mass is 9.82. The number of carbonyl (C=O) groups excluding carboxylic acids is 2. The Morgan fingerprint density at radius 1 is 1.38 bits per heavy atom. The van der Waals surface area contributed by atoms with Gasteiger partial charge in [0.2, 0.25) is 0 Å². The average Bonchev–Trinajstić information content (AvgIpc) is 1.95. The van der Waals surface area contributed by atoms with Crippen LogP contribution in [0, 0.1) is 5.92 Å². The highest BCUT2D eigenvalue weighted by Crippen LogP contribution is 2.31. The Morgan fingerprint density at radius 2 is 2.00 bits per heavy atom. The van der Waals surface area contributed by atoms with Crippen LogP contribution in [-0.2, 0) is 19.1 Å². The minimum absolute atomic E-state index is 0.0655. The van der Waals surface area contributed by atoms with Crippen molar-refractivity contribution in [1.29, 1.82) is 0 Å². The molecule has 0 spiro atoms. The quantitative estimate of drug-likeness (QED) is 0.614. The number of hydrogen-bond acceptors (Lipinski definition) is 4. The fraction of sp³-hybridized carbons (Fsp3) is 0.778. The molecule has 1 rings (SSSR count). The van der Waals surface area contributed by atoms with Crippen molar-refractivity contribution in [2.24, 2.45) is 5.92 Å². The first kappa shape index (κ1) is 10.0. The molecule has 1 fully saturated rings. The van der Waals surface area contributed by atoms with Gasteiger partial charge in [-0.2, -0.15) is 0 Å². The molecular weight excluding hydrogens is 172 g/mol. The molecule has 0 aromatic carbocycles. The van der Waals surface area contributed by atoms with Crippen molar-refractivity contribution in [2.75, 3.05) is 6.61 Å². The van der Waals surface area contributed by atoms with Crippen molar-refractivity contribution < 1.29 is 19.1 Å². The molecule has 0 saturated heterocycles. The highest BCUT2D eigenvalue weighted by atomic mass is 16.5. The molecule has 0 aromatic heterocycles. The molecule has 4 nitrogen and oxygen atoms in total. The highest BCUT2D eigenvalue weighted by Gasteiger charge is 2.37. The SMILES string of the molecule is CCOC(=O)C1CC(OC(C)=O)C1. The lowest BCUT2D eigenvalue weighted by molar-refractivity contribution is -0.165. The Balaban J connectivity index is 2.17. The molecule has 0 amide bonds. The predicted molar refractivity (Wildman–Crippen MR) is 44.9 cm³/mol. The second-order valence-corrected chi connectivity index (χ2v) is 3.15. The Hall–Kier alpha value is -1.06. The van der Waals surface area contributed by atoms with Crippen molar-refractivity contribution in [1.82, 2.24) is 0 Å². The summed E-state index contributed by atoms with van der Waals surface area (Å²) in [6.45, 7) is 3.56. The summed E-state index contributed by atoms with van der Waals surface area (Å²) in [5, 5.41) is 0. The molecule has 0 heterocycles. The molecule has 1 saturated carbocycles. The van der Waals surface area contributed by atoms with E-state index in [9.17, 15) is 9.59 Å². The van der Waals surface area contributed by atoms with Gasteiger partial charge in [-0.3, -0.25) is 9.59 Å². The number of esters is 2. The fourth-order valence-corrected chi connectivity index (χ4v) is 1.35. The molecule has 4 heteroatoms. The van der Waals surface area contributed by atoms with Crippen molar-refractivity contribution in [3.8, 4) is 0 Å². The van der Waals surface area contributed by atoms with Gasteiger partial charge >= 0.3 is 11.9 Å². The minimum atomic E-state index is -0.285. The number of ether oxygens (including phenoxy) is 2. The van der Waals surface area contributed by atoms with E-state index in [1.54, 1.807) is 6.92 Å². The highest BCUT2D eigenvalue weighted by molar-refractivity contribution is 5.74. The van der Waals surface area contributed by atoms with Crippen LogP contribution in [0.5, 0.6) is 0 Å². The van der Waals surface area contributed by atoms with Crippen LogP contribution >= 0.6 is 0 Å². The smallest absolute Gasteiger partial charge is 0.309 e. The van der Waals surface area contributed by atoms with Gasteiger partial charge in [0.25, 0.3) is 0 Å². The van der Waals surface area contributed by atoms with Gasteiger partial charge in [-0.05, 0) is 19.8 Å². The summed E-state index contributed by atoms with van der Waals surface area (Å²) in [5.74, 6) is -0.525. The maximum absolute atomic E-state index is 11.1. The summed E-state index contributed by atoms with van der Waals surface area (Å²) >= 11 is 0. The summed E-state index contributed by atoms with van der Waals surface area (Å²) in [4.78, 5) is 21.6. The van der Waals surface area contributed by atoms with Crippen molar-refractivity contribution in [2.45, 2.75) is 32.8 Å². The molecule has 13 heavy (non-hydrogen) atoms. The van der Waals surface area contributed by atoms with Gasteiger partial charge in [0, 0.05) is 6.92 Å². The zero-order valence-corrected chi connectivity index (χ0v) is 7.91. The molecule has 0 bridgehead atoms. The van der Waals surface area contributed by atoms with E-state index >= 15 is 0 Å². The van der Waals surface area contributed by atoms with Crippen LogP contribution in [0.25, 0.3) is 0 Å². The van der Waals surface area contributed by atoms with Crippen LogP contribution in [-0.4, -0.2) is 24.6 Å². The number of hydrogen-bond donors (Lipinski definition) is 0. The van der Waals surface area contributed by atoms with Gasteiger partial charge in [-0.25, -0.2) is 0 Å². The zero-order chi connectivity index (χ0) is 9.84. The van der Waals surface area contributed by atoms with Crippen LogP contribution in [0.15, 0.2) is 0 Å². The second-order valence-electron chi connectivity index (χ2n) is 3.15.